The van der Waals surface area contributed by atoms with E-state index in [4.69, 9.17) is 10.5 Å². The molecule has 102 valence electrons. The Labute approximate surface area is 107 Å². The highest BCUT2D eigenvalue weighted by Gasteiger charge is 2.39. The van der Waals surface area contributed by atoms with Crippen molar-refractivity contribution in [2.24, 2.45) is 11.1 Å². The molecule has 0 amide bonds. The van der Waals surface area contributed by atoms with Gasteiger partial charge in [0.05, 0.1) is 11.2 Å². The molecular formula is C14H30N2O. The van der Waals surface area contributed by atoms with Crippen LogP contribution in [0.25, 0.3) is 0 Å². The van der Waals surface area contributed by atoms with Crippen LogP contribution in [0.15, 0.2) is 0 Å². The zero-order chi connectivity index (χ0) is 13.3. The molecule has 0 aromatic rings. The summed E-state index contributed by atoms with van der Waals surface area (Å²) < 4.78 is 6.10. The van der Waals surface area contributed by atoms with Gasteiger partial charge in [-0.3, -0.25) is 4.90 Å². The van der Waals surface area contributed by atoms with Crippen molar-refractivity contribution in [3.8, 4) is 0 Å². The Kier molecular flexibility index (Phi) is 4.28. The molecule has 17 heavy (non-hydrogen) atoms. The Morgan fingerprint density at radius 2 is 1.65 bits per heavy atom. The van der Waals surface area contributed by atoms with Crippen LogP contribution in [-0.2, 0) is 4.74 Å². The van der Waals surface area contributed by atoms with Gasteiger partial charge in [0.15, 0.2) is 0 Å². The molecule has 0 spiro atoms. The normalized spacial score (nSPS) is 27.7. The topological polar surface area (TPSA) is 38.5 Å². The summed E-state index contributed by atoms with van der Waals surface area (Å²) in [6, 6.07) is 0. The van der Waals surface area contributed by atoms with E-state index < -0.39 is 0 Å². The van der Waals surface area contributed by atoms with Gasteiger partial charge in [0.1, 0.15) is 0 Å². The number of hydrogen-bond acceptors (Lipinski definition) is 3. The fraction of sp³-hybridized carbons (Fsp3) is 1.00. The van der Waals surface area contributed by atoms with E-state index in [1.807, 2.05) is 0 Å². The smallest absolute Gasteiger partial charge is 0.0760 e. The van der Waals surface area contributed by atoms with Gasteiger partial charge in [-0.15, -0.1) is 0 Å². The number of nitrogens with two attached hydrogens (primary N) is 1. The van der Waals surface area contributed by atoms with Crippen LogP contribution in [0.4, 0.5) is 0 Å². The maximum Gasteiger partial charge on any atom is 0.0760 e. The minimum absolute atomic E-state index is 0.0645. The van der Waals surface area contributed by atoms with Crippen molar-refractivity contribution in [1.82, 2.24) is 4.90 Å². The highest BCUT2D eigenvalue weighted by atomic mass is 16.5. The maximum atomic E-state index is 6.10. The molecule has 0 saturated carbocycles. The summed E-state index contributed by atoms with van der Waals surface area (Å²) in [5, 5.41) is 0. The third kappa shape index (κ3) is 4.23. The van der Waals surface area contributed by atoms with E-state index >= 15 is 0 Å². The summed E-state index contributed by atoms with van der Waals surface area (Å²) in [6.45, 7) is 17.0. The maximum absolute atomic E-state index is 6.10. The van der Waals surface area contributed by atoms with Crippen molar-refractivity contribution in [2.45, 2.75) is 59.2 Å². The van der Waals surface area contributed by atoms with Crippen LogP contribution in [0.1, 0.15) is 48.0 Å². The van der Waals surface area contributed by atoms with Gasteiger partial charge in [-0.1, -0.05) is 13.8 Å². The van der Waals surface area contributed by atoms with Gasteiger partial charge in [0.25, 0.3) is 0 Å². The number of ether oxygens (including phenoxy) is 1. The Hall–Kier alpha value is -0.120. The van der Waals surface area contributed by atoms with Crippen LogP contribution in [0.5, 0.6) is 0 Å². The van der Waals surface area contributed by atoms with E-state index in [1.165, 1.54) is 0 Å². The van der Waals surface area contributed by atoms with Gasteiger partial charge in [0, 0.05) is 19.6 Å². The Morgan fingerprint density at radius 3 is 2.00 bits per heavy atom. The molecule has 1 fully saturated rings. The van der Waals surface area contributed by atoms with Crippen molar-refractivity contribution in [3.63, 3.8) is 0 Å². The van der Waals surface area contributed by atoms with Gasteiger partial charge < -0.3 is 10.5 Å². The van der Waals surface area contributed by atoms with E-state index in [0.717, 1.165) is 32.6 Å². The van der Waals surface area contributed by atoms with Gasteiger partial charge in [0.2, 0.25) is 0 Å². The third-order valence-electron chi connectivity index (χ3n) is 3.71. The van der Waals surface area contributed by atoms with E-state index in [0.29, 0.717) is 0 Å². The molecule has 0 aromatic heterocycles. The van der Waals surface area contributed by atoms with E-state index in [1.54, 1.807) is 0 Å². The molecule has 1 heterocycles. The van der Waals surface area contributed by atoms with Crippen LogP contribution in [0, 0.1) is 5.41 Å². The lowest BCUT2D eigenvalue weighted by Gasteiger charge is -2.49. The summed E-state index contributed by atoms with van der Waals surface area (Å²) in [5.74, 6) is 0. The average molecular weight is 242 g/mol. The Balaban J connectivity index is 2.71. The zero-order valence-electron chi connectivity index (χ0n) is 12.5. The predicted octanol–water partition coefficient (Wildman–Crippen LogP) is 2.25. The largest absolute Gasteiger partial charge is 0.367 e. The molecule has 3 nitrogen and oxygen atoms in total. The molecule has 3 heteroatoms. The van der Waals surface area contributed by atoms with Gasteiger partial charge in [-0.2, -0.15) is 0 Å². The summed E-state index contributed by atoms with van der Waals surface area (Å²) in [5.41, 5.74) is 6.01. The molecule has 1 aliphatic heterocycles. The fourth-order valence-electron chi connectivity index (χ4n) is 2.92. The van der Waals surface area contributed by atoms with E-state index in [9.17, 15) is 0 Å². The van der Waals surface area contributed by atoms with E-state index in [2.05, 4.69) is 46.4 Å². The third-order valence-corrected chi connectivity index (χ3v) is 3.71. The molecule has 1 atom stereocenters. The molecule has 1 unspecified atom stereocenters. The number of hydrogen-bond donors (Lipinski definition) is 1. The Morgan fingerprint density at radius 1 is 1.18 bits per heavy atom. The predicted molar refractivity (Wildman–Crippen MR) is 73.1 cm³/mol. The monoisotopic (exact) mass is 242 g/mol. The lowest BCUT2D eigenvalue weighted by Crippen LogP contribution is -2.59. The summed E-state index contributed by atoms with van der Waals surface area (Å²) in [6.07, 6.45) is 1.13. The van der Waals surface area contributed by atoms with Crippen molar-refractivity contribution in [1.29, 1.82) is 0 Å². The van der Waals surface area contributed by atoms with Crippen LogP contribution in [-0.4, -0.2) is 42.3 Å². The molecule has 1 aliphatic rings. The standard InChI is InChI=1S/C14H30N2O/c1-7-14(6,8-15)11-16-9-12(2,3)17-13(4,5)10-16/h7-11,15H2,1-6H3. The van der Waals surface area contributed by atoms with Crippen molar-refractivity contribution >= 4 is 0 Å². The first-order valence-corrected chi connectivity index (χ1v) is 6.74. The van der Waals surface area contributed by atoms with Crippen LogP contribution in [0.2, 0.25) is 0 Å². The first kappa shape index (κ1) is 14.9. The van der Waals surface area contributed by atoms with Crippen LogP contribution in [0.3, 0.4) is 0 Å². The number of morpholine rings is 1. The molecule has 0 aliphatic carbocycles. The van der Waals surface area contributed by atoms with Gasteiger partial charge in [-0.25, -0.2) is 0 Å². The van der Waals surface area contributed by atoms with Crippen LogP contribution >= 0.6 is 0 Å². The lowest BCUT2D eigenvalue weighted by molar-refractivity contribution is -0.184. The second-order valence-corrected chi connectivity index (χ2v) is 7.13. The first-order valence-electron chi connectivity index (χ1n) is 6.74. The lowest BCUT2D eigenvalue weighted by atomic mass is 9.85. The number of nitrogens with zero attached hydrogens (tertiary/aromatic N) is 1. The van der Waals surface area contributed by atoms with E-state index in [-0.39, 0.29) is 16.6 Å². The summed E-state index contributed by atoms with van der Waals surface area (Å²) in [7, 11) is 0. The molecular weight excluding hydrogens is 212 g/mol. The second kappa shape index (κ2) is 4.87. The zero-order valence-corrected chi connectivity index (χ0v) is 12.5. The molecule has 1 saturated heterocycles. The average Bonchev–Trinajstić information content (AvgIpc) is 2.12. The minimum atomic E-state index is -0.0645. The highest BCUT2D eigenvalue weighted by molar-refractivity contribution is 4.91. The van der Waals surface area contributed by atoms with Gasteiger partial charge >= 0.3 is 0 Å². The Bertz CT molecular complexity index is 241. The minimum Gasteiger partial charge on any atom is -0.367 e. The quantitative estimate of drug-likeness (QED) is 0.822. The summed E-state index contributed by atoms with van der Waals surface area (Å²) in [4.78, 5) is 2.51. The van der Waals surface area contributed by atoms with Crippen LogP contribution < -0.4 is 5.73 Å². The van der Waals surface area contributed by atoms with Crippen molar-refractivity contribution < 1.29 is 4.74 Å². The molecule has 0 bridgehead atoms. The van der Waals surface area contributed by atoms with Gasteiger partial charge in [-0.05, 0) is 46.1 Å². The first-order chi connectivity index (χ1) is 7.61. The van der Waals surface area contributed by atoms with Crippen molar-refractivity contribution in [3.05, 3.63) is 0 Å². The molecule has 0 radical (unpaired) electrons. The molecule has 0 aromatic carbocycles. The molecule has 2 N–H and O–H groups in total. The fourth-order valence-corrected chi connectivity index (χ4v) is 2.92. The molecule has 1 rings (SSSR count). The highest BCUT2D eigenvalue weighted by Crippen LogP contribution is 2.31. The van der Waals surface area contributed by atoms with Crippen molar-refractivity contribution in [2.75, 3.05) is 26.2 Å². The SMILES string of the molecule is CCC(C)(CN)CN1CC(C)(C)OC(C)(C)C1. The second-order valence-electron chi connectivity index (χ2n) is 7.13. The number of rotatable bonds is 4. The summed E-state index contributed by atoms with van der Waals surface area (Å²) >= 11 is 0.